The fraction of sp³-hybridized carbons (Fsp3) is 0.471. The molecular formula is C68H92O6P2. The van der Waals surface area contributed by atoms with E-state index < -0.39 is 15.2 Å². The molecule has 0 spiro atoms. The summed E-state index contributed by atoms with van der Waals surface area (Å²) in [5.41, 5.74) is 8.06. The molecule has 6 rings (SSSR count). The molecule has 410 valence electrons. The lowest BCUT2D eigenvalue weighted by atomic mass is 9.80. The van der Waals surface area contributed by atoms with E-state index in [0.717, 1.165) is 55.6 Å². The lowest BCUT2D eigenvalue weighted by molar-refractivity contribution is 0.385. The van der Waals surface area contributed by atoms with Crippen LogP contribution in [0, 0.1) is 0 Å². The van der Waals surface area contributed by atoms with E-state index in [9.17, 15) is 0 Å². The van der Waals surface area contributed by atoms with E-state index in [1.807, 2.05) is 72.8 Å². The summed E-state index contributed by atoms with van der Waals surface area (Å²) in [4.78, 5) is 0. The van der Waals surface area contributed by atoms with E-state index in [2.05, 4.69) is 215 Å². The molecule has 0 aliphatic carbocycles. The van der Waals surface area contributed by atoms with Gasteiger partial charge in [-0.15, -0.1) is 0 Å². The predicted octanol–water partition coefficient (Wildman–Crippen LogP) is 19.7. The molecule has 0 atom stereocenters. The van der Waals surface area contributed by atoms with E-state index >= 15 is 9.13 Å². The maximum atomic E-state index is 16.2. The Kier molecular flexibility index (Phi) is 16.4. The van der Waals surface area contributed by atoms with Gasteiger partial charge in [-0.1, -0.05) is 239 Å². The Labute approximate surface area is 460 Å². The lowest BCUT2D eigenvalue weighted by Crippen LogP contribution is -2.22. The van der Waals surface area contributed by atoms with Crippen molar-refractivity contribution in [2.45, 2.75) is 209 Å². The second kappa shape index (κ2) is 20.7. The van der Waals surface area contributed by atoms with E-state index in [4.69, 9.17) is 18.1 Å². The minimum atomic E-state index is -4.23. The van der Waals surface area contributed by atoms with Crippen molar-refractivity contribution in [3.05, 3.63) is 166 Å². The van der Waals surface area contributed by atoms with Gasteiger partial charge in [-0.25, -0.2) is 9.13 Å². The highest BCUT2D eigenvalue weighted by Crippen LogP contribution is 2.55. The van der Waals surface area contributed by atoms with Crippen LogP contribution in [-0.4, -0.2) is 0 Å². The molecule has 76 heavy (non-hydrogen) atoms. The summed E-state index contributed by atoms with van der Waals surface area (Å²) in [5.74, 6) is 2.02. The summed E-state index contributed by atoms with van der Waals surface area (Å²) >= 11 is 0. The molecule has 8 heteroatoms. The molecule has 0 unspecified atom stereocenters. The zero-order chi connectivity index (χ0) is 57.2. The molecule has 0 aliphatic rings. The average Bonchev–Trinajstić information content (AvgIpc) is 3.26. The van der Waals surface area contributed by atoms with Gasteiger partial charge in [0, 0.05) is 22.3 Å². The Bertz CT molecular complexity index is 2990. The van der Waals surface area contributed by atoms with Gasteiger partial charge in [0.25, 0.3) is 0 Å². The lowest BCUT2D eigenvalue weighted by Gasteiger charge is -2.31. The van der Waals surface area contributed by atoms with Crippen molar-refractivity contribution in [1.29, 1.82) is 0 Å². The average molecular weight is 1070 g/mol. The smallest absolute Gasteiger partial charge is 0.412 e. The number of benzene rings is 6. The first-order valence-corrected chi connectivity index (χ1v) is 30.3. The molecule has 0 amide bonds. The van der Waals surface area contributed by atoms with Crippen LogP contribution in [-0.2, 0) is 52.5 Å². The van der Waals surface area contributed by atoms with Crippen LogP contribution < -0.4 is 28.7 Å². The normalized spacial score (nSPS) is 13.6. The molecule has 6 aromatic rings. The molecule has 6 nitrogen and oxygen atoms in total. The second-order valence-electron chi connectivity index (χ2n) is 29.3. The highest BCUT2D eigenvalue weighted by molar-refractivity contribution is 7.63. The molecule has 0 aliphatic heterocycles. The molecule has 0 fully saturated rings. The van der Waals surface area contributed by atoms with Gasteiger partial charge in [-0.3, -0.25) is 0 Å². The zero-order valence-corrected chi connectivity index (χ0v) is 52.7. The van der Waals surface area contributed by atoms with Crippen molar-refractivity contribution in [2.75, 3.05) is 0 Å². The Morgan fingerprint density at radius 1 is 0.263 bits per heavy atom. The topological polar surface area (TPSA) is 71.1 Å². The van der Waals surface area contributed by atoms with Gasteiger partial charge in [0.15, 0.2) is 0 Å². The standard InChI is InChI=1S/C68H92O6P2/c1-61(2,3)47-30-36-57(53(41-47)65(13,14)15)71-75(69,72-58-37-31-48(62(4,5)6)42-54(58)66(16,17)18)51-34-28-45(29-35-51)46-26-25-27-52(40-46)76(70,73-59-38-32-49(63(7,8)9)43-55(59)67(19,20)21)74-60-39-33-50(64(10,11)12)44-56(60)68(22,23)24/h25-44H,1-24H3. The van der Waals surface area contributed by atoms with Gasteiger partial charge in [-0.05, 0) is 125 Å². The van der Waals surface area contributed by atoms with Gasteiger partial charge >= 0.3 is 15.2 Å². The van der Waals surface area contributed by atoms with Crippen LogP contribution in [0.25, 0.3) is 11.1 Å². The summed E-state index contributed by atoms with van der Waals surface area (Å²) in [5, 5.41) is 0.791. The zero-order valence-electron chi connectivity index (χ0n) is 50.9. The largest absolute Gasteiger partial charge is 0.462 e. The molecule has 0 saturated heterocycles. The van der Waals surface area contributed by atoms with Crippen molar-refractivity contribution in [1.82, 2.24) is 0 Å². The van der Waals surface area contributed by atoms with Gasteiger partial charge < -0.3 is 18.1 Å². The molecule has 0 aromatic heterocycles. The Hall–Kier alpha value is -5.02. The summed E-state index contributed by atoms with van der Waals surface area (Å²) in [7, 11) is -8.43. The Morgan fingerprint density at radius 2 is 0.526 bits per heavy atom. The number of hydrogen-bond donors (Lipinski definition) is 0. The van der Waals surface area contributed by atoms with E-state index in [1.165, 1.54) is 0 Å². The van der Waals surface area contributed by atoms with Crippen LogP contribution in [0.4, 0.5) is 0 Å². The fourth-order valence-corrected chi connectivity index (χ4v) is 12.4. The second-order valence-corrected chi connectivity index (χ2v) is 33.1. The first-order chi connectivity index (χ1) is 34.4. The van der Waals surface area contributed by atoms with Crippen molar-refractivity contribution in [3.8, 4) is 34.1 Å². The molecule has 0 radical (unpaired) electrons. The van der Waals surface area contributed by atoms with Gasteiger partial charge in [-0.2, -0.15) is 0 Å². The maximum absolute atomic E-state index is 16.2. The monoisotopic (exact) mass is 1070 g/mol. The fourth-order valence-electron chi connectivity index (χ4n) is 9.11. The van der Waals surface area contributed by atoms with Gasteiger partial charge in [0.1, 0.15) is 23.0 Å². The van der Waals surface area contributed by atoms with Crippen LogP contribution in [0.5, 0.6) is 23.0 Å². The summed E-state index contributed by atoms with van der Waals surface area (Å²) in [6, 6.07) is 39.8. The Morgan fingerprint density at radius 3 is 0.776 bits per heavy atom. The van der Waals surface area contributed by atoms with Crippen molar-refractivity contribution < 1.29 is 27.2 Å². The third-order valence-electron chi connectivity index (χ3n) is 14.2. The van der Waals surface area contributed by atoms with Crippen LogP contribution in [0.3, 0.4) is 0 Å². The van der Waals surface area contributed by atoms with Crippen LogP contribution >= 0.6 is 15.2 Å². The van der Waals surface area contributed by atoms with Crippen LogP contribution in [0.15, 0.2) is 121 Å². The number of rotatable bonds is 11. The van der Waals surface area contributed by atoms with Gasteiger partial charge in [0.2, 0.25) is 0 Å². The third-order valence-corrected chi connectivity index (χ3v) is 17.8. The highest BCUT2D eigenvalue weighted by atomic mass is 31.2. The summed E-state index contributed by atoms with van der Waals surface area (Å²) in [6.45, 7) is 52.1. The van der Waals surface area contributed by atoms with E-state index in [-0.39, 0.29) is 43.3 Å². The molecule has 0 bridgehead atoms. The van der Waals surface area contributed by atoms with E-state index in [1.54, 1.807) is 0 Å². The van der Waals surface area contributed by atoms with Crippen molar-refractivity contribution in [3.63, 3.8) is 0 Å². The predicted molar refractivity (Wildman–Crippen MR) is 324 cm³/mol. The highest BCUT2D eigenvalue weighted by Gasteiger charge is 2.39. The molecule has 0 heterocycles. The van der Waals surface area contributed by atoms with Gasteiger partial charge in [0.05, 0.1) is 10.6 Å². The van der Waals surface area contributed by atoms with Crippen molar-refractivity contribution >= 4 is 25.8 Å². The maximum Gasteiger partial charge on any atom is 0.462 e. The summed E-state index contributed by atoms with van der Waals surface area (Å²) < 4.78 is 60.0. The third kappa shape index (κ3) is 14.0. The molecular weight excluding hydrogens is 975 g/mol. The minimum absolute atomic E-state index is 0.117. The SMILES string of the molecule is CC(C)(C)c1ccc(OP(=O)(Oc2ccc(C(C)(C)C)cc2C(C)(C)C)c2ccc(-c3cccc(P(=O)(Oc4ccc(C(C)(C)C)cc4C(C)(C)C)Oc4ccc(C(C)(C)C)cc4C(C)(C)C)c3)cc2)c(C(C)(C)C)c1. The van der Waals surface area contributed by atoms with Crippen LogP contribution in [0.2, 0.25) is 0 Å². The quantitative estimate of drug-likeness (QED) is 0.120. The first-order valence-electron chi connectivity index (χ1n) is 27.2. The molecule has 0 N–H and O–H groups in total. The van der Waals surface area contributed by atoms with Crippen molar-refractivity contribution in [2.24, 2.45) is 0 Å². The Balaban J connectivity index is 1.53. The minimum Gasteiger partial charge on any atom is -0.412 e. The molecule has 0 saturated carbocycles. The summed E-state index contributed by atoms with van der Waals surface area (Å²) in [6.07, 6.45) is 0. The van der Waals surface area contributed by atoms with Crippen LogP contribution in [0.1, 0.15) is 211 Å². The first kappa shape index (κ1) is 60.2. The number of hydrogen-bond acceptors (Lipinski definition) is 6. The van der Waals surface area contributed by atoms with E-state index in [0.29, 0.717) is 33.6 Å². The molecule has 6 aromatic carbocycles.